The van der Waals surface area contributed by atoms with E-state index in [2.05, 4.69) is 35.8 Å². The van der Waals surface area contributed by atoms with Crippen LogP contribution in [0.1, 0.15) is 84.3 Å². The van der Waals surface area contributed by atoms with Crippen LogP contribution in [0, 0.1) is 5.92 Å². The Balaban J connectivity index is 2.03. The number of aromatic nitrogens is 3. The Bertz CT molecular complexity index is 329. The summed E-state index contributed by atoms with van der Waals surface area (Å²) in [5.74, 6) is 0.962. The van der Waals surface area contributed by atoms with Crippen molar-refractivity contribution in [2.24, 2.45) is 5.92 Å². The molecule has 0 aliphatic carbocycles. The SMILES string of the molecule is CCCn1nncc1CCCCCCCC(CC)CC. The largest absolute Gasteiger partial charge is 0.249 e. The highest BCUT2D eigenvalue weighted by molar-refractivity contribution is 4.93. The van der Waals surface area contributed by atoms with Crippen LogP contribution in [0.15, 0.2) is 6.20 Å². The fourth-order valence-corrected chi connectivity index (χ4v) is 2.84. The molecular weight excluding hydrogens is 246 g/mol. The first-order valence-corrected chi connectivity index (χ1v) is 8.69. The maximum atomic E-state index is 4.14. The third kappa shape index (κ3) is 6.53. The summed E-state index contributed by atoms with van der Waals surface area (Å²) in [6, 6.07) is 0. The second-order valence-electron chi connectivity index (χ2n) is 5.94. The third-order valence-corrected chi connectivity index (χ3v) is 4.33. The van der Waals surface area contributed by atoms with Crippen molar-refractivity contribution in [1.82, 2.24) is 15.0 Å². The van der Waals surface area contributed by atoms with Crippen LogP contribution in [0.2, 0.25) is 0 Å². The highest BCUT2D eigenvalue weighted by Gasteiger charge is 2.04. The summed E-state index contributed by atoms with van der Waals surface area (Å²) in [7, 11) is 0. The van der Waals surface area contributed by atoms with Crippen molar-refractivity contribution in [3.05, 3.63) is 11.9 Å². The van der Waals surface area contributed by atoms with Crippen molar-refractivity contribution in [2.75, 3.05) is 0 Å². The van der Waals surface area contributed by atoms with Gasteiger partial charge >= 0.3 is 0 Å². The van der Waals surface area contributed by atoms with E-state index in [0.29, 0.717) is 0 Å². The quantitative estimate of drug-likeness (QED) is 0.504. The molecule has 20 heavy (non-hydrogen) atoms. The van der Waals surface area contributed by atoms with Gasteiger partial charge in [-0.1, -0.05) is 70.9 Å². The van der Waals surface area contributed by atoms with Gasteiger partial charge in [-0.3, -0.25) is 0 Å². The number of nitrogens with zero attached hydrogens (tertiary/aromatic N) is 3. The number of hydrogen-bond donors (Lipinski definition) is 0. The topological polar surface area (TPSA) is 30.7 Å². The number of unbranched alkanes of at least 4 members (excludes halogenated alkanes) is 4. The first-order chi connectivity index (χ1) is 9.81. The molecular formula is C17H33N3. The average Bonchev–Trinajstić information content (AvgIpc) is 2.90. The van der Waals surface area contributed by atoms with Gasteiger partial charge in [0.25, 0.3) is 0 Å². The average molecular weight is 279 g/mol. The van der Waals surface area contributed by atoms with Crippen molar-refractivity contribution in [2.45, 2.75) is 91.5 Å². The summed E-state index contributed by atoms with van der Waals surface area (Å²) in [6.45, 7) is 7.83. The van der Waals surface area contributed by atoms with Crippen LogP contribution in [0.3, 0.4) is 0 Å². The first kappa shape index (κ1) is 17.2. The van der Waals surface area contributed by atoms with Crippen LogP contribution in [0.5, 0.6) is 0 Å². The van der Waals surface area contributed by atoms with E-state index in [4.69, 9.17) is 0 Å². The normalized spacial score (nSPS) is 11.4. The van der Waals surface area contributed by atoms with Crippen molar-refractivity contribution in [3.63, 3.8) is 0 Å². The lowest BCUT2D eigenvalue weighted by molar-refractivity contribution is 0.427. The minimum absolute atomic E-state index is 0.962. The Hall–Kier alpha value is -0.860. The molecule has 0 radical (unpaired) electrons. The second-order valence-corrected chi connectivity index (χ2v) is 5.94. The predicted octanol–water partition coefficient (Wildman–Crippen LogP) is 5.01. The summed E-state index contributed by atoms with van der Waals surface area (Å²) >= 11 is 0. The lowest BCUT2D eigenvalue weighted by Crippen LogP contribution is -2.04. The molecule has 0 unspecified atom stereocenters. The molecule has 116 valence electrons. The molecule has 1 heterocycles. The molecule has 0 bridgehead atoms. The molecule has 0 N–H and O–H groups in total. The predicted molar refractivity (Wildman–Crippen MR) is 85.8 cm³/mol. The monoisotopic (exact) mass is 279 g/mol. The zero-order chi connectivity index (χ0) is 14.6. The van der Waals surface area contributed by atoms with Gasteiger partial charge in [0.15, 0.2) is 0 Å². The Morgan fingerprint density at radius 1 is 1.00 bits per heavy atom. The molecule has 3 heteroatoms. The van der Waals surface area contributed by atoms with Crippen molar-refractivity contribution < 1.29 is 0 Å². The van der Waals surface area contributed by atoms with Crippen molar-refractivity contribution in [3.8, 4) is 0 Å². The van der Waals surface area contributed by atoms with Gasteiger partial charge in [-0.15, -0.1) is 5.10 Å². The zero-order valence-electron chi connectivity index (χ0n) is 13.8. The van der Waals surface area contributed by atoms with E-state index in [1.54, 1.807) is 0 Å². The van der Waals surface area contributed by atoms with Crippen LogP contribution in [0.25, 0.3) is 0 Å². The molecule has 1 rings (SSSR count). The van der Waals surface area contributed by atoms with Crippen LogP contribution in [0.4, 0.5) is 0 Å². The van der Waals surface area contributed by atoms with E-state index in [0.717, 1.165) is 25.3 Å². The van der Waals surface area contributed by atoms with E-state index >= 15 is 0 Å². The Labute approximate surface area is 125 Å². The van der Waals surface area contributed by atoms with Crippen molar-refractivity contribution >= 4 is 0 Å². The summed E-state index contributed by atoms with van der Waals surface area (Å²) in [5.41, 5.74) is 1.31. The lowest BCUT2D eigenvalue weighted by atomic mass is 9.95. The molecule has 3 nitrogen and oxygen atoms in total. The zero-order valence-corrected chi connectivity index (χ0v) is 13.8. The molecule has 0 aliphatic rings. The summed E-state index contributed by atoms with van der Waals surface area (Å²) < 4.78 is 2.06. The molecule has 0 amide bonds. The molecule has 0 spiro atoms. The maximum absolute atomic E-state index is 4.14. The second kappa shape index (κ2) is 10.9. The Morgan fingerprint density at radius 2 is 1.70 bits per heavy atom. The minimum atomic E-state index is 0.962. The minimum Gasteiger partial charge on any atom is -0.249 e. The van der Waals surface area contributed by atoms with Gasteiger partial charge in [0.2, 0.25) is 0 Å². The molecule has 0 saturated carbocycles. The number of rotatable bonds is 12. The van der Waals surface area contributed by atoms with E-state index in [1.807, 2.05) is 6.20 Å². The summed E-state index contributed by atoms with van der Waals surface area (Å²) in [5, 5.41) is 8.16. The molecule has 0 saturated heterocycles. The summed E-state index contributed by atoms with van der Waals surface area (Å²) in [6.07, 6.45) is 15.2. The third-order valence-electron chi connectivity index (χ3n) is 4.33. The molecule has 0 aromatic carbocycles. The molecule has 1 aromatic heterocycles. The van der Waals surface area contributed by atoms with Crippen LogP contribution >= 0.6 is 0 Å². The fraction of sp³-hybridized carbons (Fsp3) is 0.882. The van der Waals surface area contributed by atoms with Crippen LogP contribution < -0.4 is 0 Å². The molecule has 0 aliphatic heterocycles. The standard InChI is InChI=1S/C17H33N3/c1-4-14-20-17(15-18-19-20)13-11-9-7-8-10-12-16(5-2)6-3/h15-16H,4-14H2,1-3H3. The van der Waals surface area contributed by atoms with Gasteiger partial charge in [0, 0.05) is 6.54 Å². The van der Waals surface area contributed by atoms with Crippen LogP contribution in [-0.4, -0.2) is 15.0 Å². The van der Waals surface area contributed by atoms with E-state index in [9.17, 15) is 0 Å². The smallest absolute Gasteiger partial charge is 0.0725 e. The number of aryl methyl sites for hydroxylation is 2. The Morgan fingerprint density at radius 3 is 2.40 bits per heavy atom. The highest BCUT2D eigenvalue weighted by Crippen LogP contribution is 2.17. The van der Waals surface area contributed by atoms with Gasteiger partial charge < -0.3 is 0 Å². The first-order valence-electron chi connectivity index (χ1n) is 8.69. The molecule has 0 atom stereocenters. The van der Waals surface area contributed by atoms with E-state index < -0.39 is 0 Å². The highest BCUT2D eigenvalue weighted by atomic mass is 15.4. The van der Waals surface area contributed by atoms with Crippen molar-refractivity contribution in [1.29, 1.82) is 0 Å². The molecule has 1 aromatic rings. The maximum Gasteiger partial charge on any atom is 0.0725 e. The fourth-order valence-electron chi connectivity index (χ4n) is 2.84. The van der Waals surface area contributed by atoms with Gasteiger partial charge in [-0.25, -0.2) is 4.68 Å². The summed E-state index contributed by atoms with van der Waals surface area (Å²) in [4.78, 5) is 0. The van der Waals surface area contributed by atoms with Gasteiger partial charge in [-0.05, 0) is 25.2 Å². The van der Waals surface area contributed by atoms with Gasteiger partial charge in [0.1, 0.15) is 0 Å². The molecule has 0 fully saturated rings. The lowest BCUT2D eigenvalue weighted by Gasteiger charge is -2.11. The number of hydrogen-bond acceptors (Lipinski definition) is 2. The van der Waals surface area contributed by atoms with E-state index in [-0.39, 0.29) is 0 Å². The van der Waals surface area contributed by atoms with Gasteiger partial charge in [0.05, 0.1) is 11.9 Å². The van der Waals surface area contributed by atoms with Gasteiger partial charge in [-0.2, -0.15) is 0 Å². The Kier molecular flexibility index (Phi) is 9.35. The van der Waals surface area contributed by atoms with Crippen LogP contribution in [-0.2, 0) is 13.0 Å². The van der Waals surface area contributed by atoms with E-state index in [1.165, 1.54) is 57.1 Å².